The van der Waals surface area contributed by atoms with Gasteiger partial charge in [-0.3, -0.25) is 0 Å². The fourth-order valence-electron chi connectivity index (χ4n) is 1.74. The zero-order chi connectivity index (χ0) is 11.4. The van der Waals surface area contributed by atoms with E-state index < -0.39 is 6.03 Å². The molecule has 1 unspecified atom stereocenters. The molecule has 1 saturated heterocycles. The number of morpholine rings is 1. The Balaban J connectivity index is 2.11. The fraction of sp³-hybridized carbons (Fsp3) is 0.364. The number of hydrogen-bond acceptors (Lipinski definition) is 3. The van der Waals surface area contributed by atoms with Gasteiger partial charge in [0.05, 0.1) is 12.7 Å². The molecule has 0 spiro atoms. The minimum absolute atomic E-state index is 0.0448. The maximum Gasteiger partial charge on any atom is 0.316 e. The van der Waals surface area contributed by atoms with Gasteiger partial charge < -0.3 is 21.1 Å². The molecule has 1 aliphatic rings. The lowest BCUT2D eigenvalue weighted by molar-refractivity contribution is 0.0277. The van der Waals surface area contributed by atoms with Crippen molar-refractivity contribution in [1.29, 1.82) is 0 Å². The van der Waals surface area contributed by atoms with Crippen molar-refractivity contribution >= 4 is 11.7 Å². The van der Waals surface area contributed by atoms with Crippen molar-refractivity contribution in [2.75, 3.05) is 25.0 Å². The summed E-state index contributed by atoms with van der Waals surface area (Å²) in [5.74, 6) is 0. The van der Waals surface area contributed by atoms with Crippen LogP contribution in [0.4, 0.5) is 10.5 Å². The van der Waals surface area contributed by atoms with E-state index in [1.165, 1.54) is 0 Å². The molecular weight excluding hydrogens is 206 g/mol. The Kier molecular flexibility index (Phi) is 3.38. The molecule has 0 bridgehead atoms. The van der Waals surface area contributed by atoms with Crippen molar-refractivity contribution in [1.82, 2.24) is 5.32 Å². The predicted octanol–water partition coefficient (Wildman–Crippen LogP) is 0.838. The molecule has 1 aromatic carbocycles. The van der Waals surface area contributed by atoms with Crippen LogP contribution in [0.5, 0.6) is 0 Å². The number of ether oxygens (including phenoxy) is 1. The lowest BCUT2D eigenvalue weighted by Crippen LogP contribution is -2.33. The molecule has 2 amide bonds. The van der Waals surface area contributed by atoms with E-state index in [-0.39, 0.29) is 6.10 Å². The molecular formula is C11H15N3O2. The van der Waals surface area contributed by atoms with E-state index in [0.717, 1.165) is 18.7 Å². The van der Waals surface area contributed by atoms with Gasteiger partial charge >= 0.3 is 6.03 Å². The van der Waals surface area contributed by atoms with Gasteiger partial charge in [-0.2, -0.15) is 0 Å². The average molecular weight is 221 g/mol. The summed E-state index contributed by atoms with van der Waals surface area (Å²) in [5.41, 5.74) is 6.79. The first-order valence-electron chi connectivity index (χ1n) is 5.24. The lowest BCUT2D eigenvalue weighted by atomic mass is 10.1. The Morgan fingerprint density at radius 3 is 3.12 bits per heavy atom. The molecule has 0 aromatic heterocycles. The van der Waals surface area contributed by atoms with Crippen LogP contribution in [0.1, 0.15) is 11.7 Å². The van der Waals surface area contributed by atoms with Crippen LogP contribution in [0.3, 0.4) is 0 Å². The van der Waals surface area contributed by atoms with Gasteiger partial charge in [-0.05, 0) is 17.7 Å². The van der Waals surface area contributed by atoms with E-state index in [1.807, 2.05) is 18.2 Å². The minimum atomic E-state index is -0.556. The van der Waals surface area contributed by atoms with E-state index >= 15 is 0 Å². The van der Waals surface area contributed by atoms with Gasteiger partial charge in [0.2, 0.25) is 0 Å². The number of anilines is 1. The molecule has 1 aromatic rings. The first kappa shape index (κ1) is 10.9. The van der Waals surface area contributed by atoms with Gasteiger partial charge in [0.1, 0.15) is 0 Å². The zero-order valence-corrected chi connectivity index (χ0v) is 8.90. The van der Waals surface area contributed by atoms with E-state index in [2.05, 4.69) is 10.6 Å². The molecule has 16 heavy (non-hydrogen) atoms. The van der Waals surface area contributed by atoms with Crippen LogP contribution >= 0.6 is 0 Å². The molecule has 1 fully saturated rings. The van der Waals surface area contributed by atoms with Crippen molar-refractivity contribution in [2.24, 2.45) is 5.73 Å². The largest absolute Gasteiger partial charge is 0.371 e. The first-order chi connectivity index (χ1) is 7.75. The topological polar surface area (TPSA) is 76.4 Å². The SMILES string of the molecule is NC(=O)Nc1cccc(C2CNCCO2)c1. The Morgan fingerprint density at radius 2 is 2.44 bits per heavy atom. The first-order valence-corrected chi connectivity index (χ1v) is 5.24. The molecule has 86 valence electrons. The highest BCUT2D eigenvalue weighted by Crippen LogP contribution is 2.21. The van der Waals surface area contributed by atoms with E-state index in [9.17, 15) is 4.79 Å². The smallest absolute Gasteiger partial charge is 0.316 e. The summed E-state index contributed by atoms with van der Waals surface area (Å²) >= 11 is 0. The third-order valence-corrected chi connectivity index (χ3v) is 2.45. The second-order valence-corrected chi connectivity index (χ2v) is 3.68. The molecule has 1 atom stereocenters. The normalized spacial score (nSPS) is 20.4. The quantitative estimate of drug-likeness (QED) is 0.692. The maximum atomic E-state index is 10.7. The van der Waals surface area contributed by atoms with E-state index in [1.54, 1.807) is 6.07 Å². The average Bonchev–Trinajstić information content (AvgIpc) is 2.30. The summed E-state index contributed by atoms with van der Waals surface area (Å²) in [6.07, 6.45) is 0.0448. The van der Waals surface area contributed by atoms with Crippen LogP contribution in [0.15, 0.2) is 24.3 Å². The fourth-order valence-corrected chi connectivity index (χ4v) is 1.74. The Bertz CT molecular complexity index is 375. The number of urea groups is 1. The highest BCUT2D eigenvalue weighted by atomic mass is 16.5. The molecule has 5 nitrogen and oxygen atoms in total. The van der Waals surface area contributed by atoms with E-state index in [4.69, 9.17) is 10.5 Å². The number of benzene rings is 1. The van der Waals surface area contributed by atoms with Crippen LogP contribution < -0.4 is 16.4 Å². The minimum Gasteiger partial charge on any atom is -0.371 e. The van der Waals surface area contributed by atoms with Crippen molar-refractivity contribution in [3.63, 3.8) is 0 Å². The van der Waals surface area contributed by atoms with Gasteiger partial charge in [-0.15, -0.1) is 0 Å². The summed E-state index contributed by atoms with van der Waals surface area (Å²) in [7, 11) is 0. The second kappa shape index (κ2) is 4.96. The van der Waals surface area contributed by atoms with Gasteiger partial charge in [0.15, 0.2) is 0 Å². The van der Waals surface area contributed by atoms with Gasteiger partial charge in [-0.25, -0.2) is 4.79 Å². The van der Waals surface area contributed by atoms with Crippen LogP contribution in [0.25, 0.3) is 0 Å². The second-order valence-electron chi connectivity index (χ2n) is 3.68. The molecule has 0 aliphatic carbocycles. The maximum absolute atomic E-state index is 10.7. The highest BCUT2D eigenvalue weighted by Gasteiger charge is 2.15. The monoisotopic (exact) mass is 221 g/mol. The lowest BCUT2D eigenvalue weighted by Gasteiger charge is -2.24. The predicted molar refractivity (Wildman–Crippen MR) is 61.2 cm³/mol. The molecule has 0 radical (unpaired) electrons. The Hall–Kier alpha value is -1.59. The third kappa shape index (κ3) is 2.71. The number of nitrogens with two attached hydrogens (primary N) is 1. The van der Waals surface area contributed by atoms with Gasteiger partial charge in [0, 0.05) is 18.8 Å². The zero-order valence-electron chi connectivity index (χ0n) is 8.90. The summed E-state index contributed by atoms with van der Waals surface area (Å²) in [6.45, 7) is 2.38. The van der Waals surface area contributed by atoms with Crippen molar-refractivity contribution in [3.05, 3.63) is 29.8 Å². The number of amides is 2. The van der Waals surface area contributed by atoms with Crippen molar-refractivity contribution in [3.8, 4) is 0 Å². The van der Waals surface area contributed by atoms with Crippen LogP contribution in [-0.4, -0.2) is 25.7 Å². The molecule has 0 saturated carbocycles. The molecule has 5 heteroatoms. The van der Waals surface area contributed by atoms with Gasteiger partial charge in [0.25, 0.3) is 0 Å². The highest BCUT2D eigenvalue weighted by molar-refractivity contribution is 5.87. The number of carbonyl (C=O) groups is 1. The molecule has 1 heterocycles. The number of hydrogen-bond donors (Lipinski definition) is 3. The van der Waals surface area contributed by atoms with Crippen LogP contribution in [0.2, 0.25) is 0 Å². The standard InChI is InChI=1S/C11H15N3O2/c12-11(15)14-9-3-1-2-8(6-9)10-7-13-4-5-16-10/h1-3,6,10,13H,4-5,7H2,(H3,12,14,15). The van der Waals surface area contributed by atoms with Crippen LogP contribution in [0, 0.1) is 0 Å². The number of nitrogens with one attached hydrogen (secondary N) is 2. The van der Waals surface area contributed by atoms with Gasteiger partial charge in [-0.1, -0.05) is 12.1 Å². The summed E-state index contributed by atoms with van der Waals surface area (Å²) in [6, 6.07) is 6.97. The number of carbonyl (C=O) groups excluding carboxylic acids is 1. The summed E-state index contributed by atoms with van der Waals surface area (Å²) in [5, 5.41) is 5.80. The third-order valence-electron chi connectivity index (χ3n) is 2.45. The number of primary amides is 1. The van der Waals surface area contributed by atoms with E-state index in [0.29, 0.717) is 12.3 Å². The molecule has 2 rings (SSSR count). The van der Waals surface area contributed by atoms with Crippen LogP contribution in [-0.2, 0) is 4.74 Å². The van der Waals surface area contributed by atoms with Crippen molar-refractivity contribution in [2.45, 2.75) is 6.10 Å². The van der Waals surface area contributed by atoms with Crippen molar-refractivity contribution < 1.29 is 9.53 Å². The summed E-state index contributed by atoms with van der Waals surface area (Å²) in [4.78, 5) is 10.7. The summed E-state index contributed by atoms with van der Waals surface area (Å²) < 4.78 is 5.62. The molecule has 4 N–H and O–H groups in total. The Labute approximate surface area is 94.0 Å². The number of rotatable bonds is 2. The molecule has 1 aliphatic heterocycles. The Morgan fingerprint density at radius 1 is 1.56 bits per heavy atom.